The first-order chi connectivity index (χ1) is 12.5. The first-order valence-electron chi connectivity index (χ1n) is 8.48. The molecule has 0 saturated heterocycles. The van der Waals surface area contributed by atoms with Crippen molar-refractivity contribution in [2.45, 2.75) is 27.0 Å². The van der Waals surface area contributed by atoms with E-state index in [-0.39, 0.29) is 5.82 Å². The average molecular weight is 414 g/mol. The van der Waals surface area contributed by atoms with Gasteiger partial charge in [0.1, 0.15) is 18.2 Å². The van der Waals surface area contributed by atoms with Gasteiger partial charge in [0.25, 0.3) is 0 Å². The molecule has 0 aliphatic heterocycles. The number of hydrogen-bond donors (Lipinski definition) is 1. The lowest BCUT2D eigenvalue weighted by Gasteiger charge is -2.15. The number of aryl methyl sites for hydroxylation is 1. The van der Waals surface area contributed by atoms with Crippen LogP contribution in [0, 0.1) is 19.7 Å². The number of benzene rings is 3. The van der Waals surface area contributed by atoms with Crippen LogP contribution in [0.4, 0.5) is 10.1 Å². The highest BCUT2D eigenvalue weighted by atomic mass is 79.9. The van der Waals surface area contributed by atoms with Crippen molar-refractivity contribution in [3.05, 3.63) is 93.2 Å². The Kier molecular flexibility index (Phi) is 5.94. The van der Waals surface area contributed by atoms with E-state index in [1.165, 1.54) is 23.3 Å². The second-order valence-corrected chi connectivity index (χ2v) is 7.19. The molecule has 2 nitrogen and oxygen atoms in total. The van der Waals surface area contributed by atoms with Gasteiger partial charge in [0.05, 0.1) is 0 Å². The highest BCUT2D eigenvalue weighted by Gasteiger charge is 2.07. The summed E-state index contributed by atoms with van der Waals surface area (Å²) in [4.78, 5) is 0. The van der Waals surface area contributed by atoms with E-state index in [2.05, 4.69) is 47.2 Å². The van der Waals surface area contributed by atoms with Crippen molar-refractivity contribution in [2.75, 3.05) is 5.32 Å². The lowest BCUT2D eigenvalue weighted by atomic mass is 10.1. The minimum atomic E-state index is -0.251. The van der Waals surface area contributed by atoms with Crippen LogP contribution in [0.25, 0.3) is 0 Å². The van der Waals surface area contributed by atoms with Gasteiger partial charge in [0.2, 0.25) is 0 Å². The summed E-state index contributed by atoms with van der Waals surface area (Å²) in [7, 11) is 0. The Morgan fingerprint density at radius 2 is 1.81 bits per heavy atom. The van der Waals surface area contributed by atoms with E-state index in [1.807, 2.05) is 30.3 Å². The molecule has 0 bridgehead atoms. The molecular weight excluding hydrogens is 393 g/mol. The molecule has 0 spiro atoms. The Bertz CT molecular complexity index is 910. The van der Waals surface area contributed by atoms with Gasteiger partial charge in [-0.3, -0.25) is 0 Å². The molecule has 4 heteroatoms. The van der Waals surface area contributed by atoms with Crippen molar-refractivity contribution in [1.82, 2.24) is 0 Å². The Labute approximate surface area is 162 Å². The van der Waals surface area contributed by atoms with E-state index in [0.717, 1.165) is 27.0 Å². The zero-order chi connectivity index (χ0) is 18.5. The standard InChI is InChI=1S/C22H21BrFNO/c1-15-5-3-8-21(16(15)2)25-13-18-12-19(23)9-10-22(18)26-14-17-6-4-7-20(24)11-17/h3-12,25H,13-14H2,1-2H3. The van der Waals surface area contributed by atoms with Gasteiger partial charge in [-0.2, -0.15) is 0 Å². The lowest BCUT2D eigenvalue weighted by molar-refractivity contribution is 0.302. The number of anilines is 1. The lowest BCUT2D eigenvalue weighted by Crippen LogP contribution is -2.05. The topological polar surface area (TPSA) is 21.3 Å². The summed E-state index contributed by atoms with van der Waals surface area (Å²) in [6, 6.07) is 18.6. The molecule has 0 atom stereocenters. The fraction of sp³-hybridized carbons (Fsp3) is 0.182. The average Bonchev–Trinajstić information content (AvgIpc) is 2.62. The summed E-state index contributed by atoms with van der Waals surface area (Å²) in [6.45, 7) is 5.19. The first-order valence-corrected chi connectivity index (χ1v) is 9.28. The number of nitrogens with one attached hydrogen (secondary N) is 1. The number of hydrogen-bond acceptors (Lipinski definition) is 2. The Morgan fingerprint density at radius 1 is 1.00 bits per heavy atom. The molecule has 3 aromatic carbocycles. The molecule has 0 radical (unpaired) electrons. The van der Waals surface area contributed by atoms with Crippen molar-refractivity contribution >= 4 is 21.6 Å². The Balaban J connectivity index is 1.74. The van der Waals surface area contributed by atoms with Gasteiger partial charge in [0, 0.05) is 22.3 Å². The van der Waals surface area contributed by atoms with Crippen molar-refractivity contribution in [1.29, 1.82) is 0 Å². The summed E-state index contributed by atoms with van der Waals surface area (Å²) in [5.74, 6) is 0.536. The Morgan fingerprint density at radius 3 is 2.62 bits per heavy atom. The number of rotatable bonds is 6. The van der Waals surface area contributed by atoms with E-state index < -0.39 is 0 Å². The largest absolute Gasteiger partial charge is 0.489 e. The second-order valence-electron chi connectivity index (χ2n) is 6.27. The highest BCUT2D eigenvalue weighted by Crippen LogP contribution is 2.26. The van der Waals surface area contributed by atoms with Crippen LogP contribution in [0.1, 0.15) is 22.3 Å². The third-order valence-corrected chi connectivity index (χ3v) is 4.87. The SMILES string of the molecule is Cc1cccc(NCc2cc(Br)ccc2OCc2cccc(F)c2)c1C. The predicted molar refractivity (Wildman–Crippen MR) is 108 cm³/mol. The van der Waals surface area contributed by atoms with Crippen molar-refractivity contribution in [2.24, 2.45) is 0 Å². The summed E-state index contributed by atoms with van der Waals surface area (Å²) in [5, 5.41) is 3.48. The molecular formula is C22H21BrFNO. The fourth-order valence-corrected chi connectivity index (χ4v) is 3.16. The first kappa shape index (κ1) is 18.5. The van der Waals surface area contributed by atoms with E-state index in [9.17, 15) is 4.39 Å². The summed E-state index contributed by atoms with van der Waals surface area (Å²) in [5.41, 5.74) is 5.45. The predicted octanol–water partition coefficient (Wildman–Crippen LogP) is 6.40. The van der Waals surface area contributed by atoms with Gasteiger partial charge < -0.3 is 10.1 Å². The molecule has 26 heavy (non-hydrogen) atoms. The smallest absolute Gasteiger partial charge is 0.124 e. The molecule has 0 aromatic heterocycles. The minimum Gasteiger partial charge on any atom is -0.489 e. The van der Waals surface area contributed by atoms with Crippen molar-refractivity contribution < 1.29 is 9.13 Å². The number of ether oxygens (including phenoxy) is 1. The van der Waals surface area contributed by atoms with Gasteiger partial charge >= 0.3 is 0 Å². The number of halogens is 2. The molecule has 0 fully saturated rings. The normalized spacial score (nSPS) is 10.6. The summed E-state index contributed by atoms with van der Waals surface area (Å²) >= 11 is 3.52. The van der Waals surface area contributed by atoms with Gasteiger partial charge in [-0.1, -0.05) is 40.2 Å². The van der Waals surface area contributed by atoms with Crippen LogP contribution < -0.4 is 10.1 Å². The van der Waals surface area contributed by atoms with Gasteiger partial charge in [-0.05, 0) is 66.9 Å². The van der Waals surface area contributed by atoms with E-state index in [4.69, 9.17) is 4.74 Å². The molecule has 1 N–H and O–H groups in total. The molecule has 0 unspecified atom stereocenters. The van der Waals surface area contributed by atoms with Crippen molar-refractivity contribution in [3.63, 3.8) is 0 Å². The Hall–Kier alpha value is -2.33. The summed E-state index contributed by atoms with van der Waals surface area (Å²) < 4.78 is 20.3. The van der Waals surface area contributed by atoms with Gasteiger partial charge in [0.15, 0.2) is 0 Å². The zero-order valence-corrected chi connectivity index (χ0v) is 16.4. The maximum atomic E-state index is 13.3. The quantitative estimate of drug-likeness (QED) is 0.504. The van der Waals surface area contributed by atoms with Crippen LogP contribution in [0.5, 0.6) is 5.75 Å². The minimum absolute atomic E-state index is 0.251. The third-order valence-electron chi connectivity index (χ3n) is 4.38. The molecule has 0 saturated carbocycles. The van der Waals surface area contributed by atoms with E-state index in [1.54, 1.807) is 6.07 Å². The molecule has 0 aliphatic carbocycles. The van der Waals surface area contributed by atoms with Crippen LogP contribution in [0.2, 0.25) is 0 Å². The van der Waals surface area contributed by atoms with Crippen molar-refractivity contribution in [3.8, 4) is 5.75 Å². The molecule has 0 heterocycles. The zero-order valence-electron chi connectivity index (χ0n) is 14.9. The second kappa shape index (κ2) is 8.37. The van der Waals surface area contributed by atoms with Crippen LogP contribution in [-0.4, -0.2) is 0 Å². The van der Waals surface area contributed by atoms with Crippen LogP contribution >= 0.6 is 15.9 Å². The van der Waals surface area contributed by atoms with Gasteiger partial charge in [-0.25, -0.2) is 4.39 Å². The molecule has 0 aliphatic rings. The van der Waals surface area contributed by atoms with Crippen LogP contribution in [0.15, 0.2) is 65.1 Å². The van der Waals surface area contributed by atoms with Gasteiger partial charge in [-0.15, -0.1) is 0 Å². The van der Waals surface area contributed by atoms with E-state index in [0.29, 0.717) is 13.2 Å². The molecule has 134 valence electrons. The molecule has 0 amide bonds. The molecule has 3 rings (SSSR count). The van der Waals surface area contributed by atoms with E-state index >= 15 is 0 Å². The monoisotopic (exact) mass is 413 g/mol. The maximum absolute atomic E-state index is 13.3. The third kappa shape index (κ3) is 4.64. The van der Waals surface area contributed by atoms with Crippen LogP contribution in [-0.2, 0) is 13.2 Å². The highest BCUT2D eigenvalue weighted by molar-refractivity contribution is 9.10. The van der Waals surface area contributed by atoms with Crippen LogP contribution in [0.3, 0.4) is 0 Å². The molecule has 3 aromatic rings. The maximum Gasteiger partial charge on any atom is 0.124 e. The summed E-state index contributed by atoms with van der Waals surface area (Å²) in [6.07, 6.45) is 0. The fourth-order valence-electron chi connectivity index (χ4n) is 2.75.